The third-order valence-electron chi connectivity index (χ3n) is 5.33. The summed E-state index contributed by atoms with van der Waals surface area (Å²) < 4.78 is 12.9. The van der Waals surface area contributed by atoms with Gasteiger partial charge in [-0.3, -0.25) is 14.6 Å². The second-order valence-corrected chi connectivity index (χ2v) is 8.26. The number of H-pyrrole nitrogens is 1. The van der Waals surface area contributed by atoms with E-state index in [9.17, 15) is 4.79 Å². The number of carbonyl (C=O) groups excluding carboxylic acids is 1. The van der Waals surface area contributed by atoms with Crippen LogP contribution in [0.3, 0.4) is 0 Å². The molecule has 0 spiro atoms. The molecule has 0 saturated heterocycles. The van der Waals surface area contributed by atoms with E-state index < -0.39 is 0 Å². The number of aryl methyl sites for hydroxylation is 2. The zero-order chi connectivity index (χ0) is 23.5. The fourth-order valence-corrected chi connectivity index (χ4v) is 3.63. The molecular weight excluding hydrogens is 420 g/mol. The van der Waals surface area contributed by atoms with Crippen LogP contribution in [-0.4, -0.2) is 50.6 Å². The van der Waals surface area contributed by atoms with Crippen LogP contribution >= 0.6 is 0 Å². The minimum absolute atomic E-state index is 0.0557. The number of rotatable bonds is 8. The summed E-state index contributed by atoms with van der Waals surface area (Å²) in [5.74, 6) is 2.26. The number of nitrogens with one attached hydrogen (secondary N) is 2. The van der Waals surface area contributed by atoms with E-state index in [4.69, 9.17) is 14.5 Å². The number of benzene rings is 2. The number of aromatic amines is 1. The molecule has 0 aliphatic heterocycles. The third-order valence-corrected chi connectivity index (χ3v) is 5.33. The van der Waals surface area contributed by atoms with Crippen LogP contribution in [0.4, 0.5) is 0 Å². The van der Waals surface area contributed by atoms with Gasteiger partial charge in [-0.1, -0.05) is 0 Å². The molecule has 0 bridgehead atoms. The molecule has 2 N–H and O–H groups in total. The van der Waals surface area contributed by atoms with E-state index in [1.54, 1.807) is 17.9 Å². The maximum atomic E-state index is 11.9. The van der Waals surface area contributed by atoms with E-state index in [2.05, 4.69) is 39.7 Å². The fraction of sp³-hybridized carbons (Fsp3) is 0.333. The summed E-state index contributed by atoms with van der Waals surface area (Å²) in [5.41, 5.74) is 4.16. The van der Waals surface area contributed by atoms with Gasteiger partial charge in [0.2, 0.25) is 0 Å². The number of ether oxygens (including phenoxy) is 2. The van der Waals surface area contributed by atoms with Crippen molar-refractivity contribution in [1.29, 1.82) is 0 Å². The standard InChI is InChI=1S/C24H28N6O3/c1-14(2)26-23(31)13-33-20-7-6-16(10-21(20)32-5)24-27-22(30(4)29-24)11-17-9-18-12-25-28-19(18)8-15(17)3/h6-10,12,14H,11,13H2,1-5H3,(H,25,28)(H,26,31). The molecule has 2 aromatic carbocycles. The van der Waals surface area contributed by atoms with E-state index in [0.717, 1.165) is 22.3 Å². The van der Waals surface area contributed by atoms with Crippen LogP contribution in [0.1, 0.15) is 30.8 Å². The average molecular weight is 449 g/mol. The van der Waals surface area contributed by atoms with Gasteiger partial charge in [0, 0.05) is 30.5 Å². The zero-order valence-corrected chi connectivity index (χ0v) is 19.5. The van der Waals surface area contributed by atoms with Gasteiger partial charge in [0.15, 0.2) is 23.9 Å². The minimum atomic E-state index is -0.184. The van der Waals surface area contributed by atoms with Gasteiger partial charge in [-0.05, 0) is 62.2 Å². The van der Waals surface area contributed by atoms with Crippen LogP contribution < -0.4 is 14.8 Å². The lowest BCUT2D eigenvalue weighted by atomic mass is 10.0. The summed E-state index contributed by atoms with van der Waals surface area (Å²) in [7, 11) is 3.45. The maximum absolute atomic E-state index is 11.9. The Morgan fingerprint density at radius 2 is 2.03 bits per heavy atom. The van der Waals surface area contributed by atoms with Gasteiger partial charge in [-0.25, -0.2) is 4.98 Å². The Morgan fingerprint density at radius 3 is 2.79 bits per heavy atom. The van der Waals surface area contributed by atoms with Crippen LogP contribution in [0.25, 0.3) is 22.3 Å². The number of nitrogens with zero attached hydrogens (tertiary/aromatic N) is 4. The highest BCUT2D eigenvalue weighted by Crippen LogP contribution is 2.32. The monoisotopic (exact) mass is 448 g/mol. The number of fused-ring (bicyclic) bond motifs is 1. The Kier molecular flexibility index (Phi) is 6.30. The molecule has 9 heteroatoms. The fourth-order valence-electron chi connectivity index (χ4n) is 3.63. The number of amides is 1. The first-order valence-corrected chi connectivity index (χ1v) is 10.8. The van der Waals surface area contributed by atoms with Crippen molar-refractivity contribution in [3.8, 4) is 22.9 Å². The first kappa shape index (κ1) is 22.3. The predicted molar refractivity (Wildman–Crippen MR) is 125 cm³/mol. The van der Waals surface area contributed by atoms with E-state index in [0.29, 0.717) is 23.7 Å². The van der Waals surface area contributed by atoms with Crippen LogP contribution in [0, 0.1) is 6.92 Å². The molecule has 9 nitrogen and oxygen atoms in total. The molecule has 33 heavy (non-hydrogen) atoms. The summed E-state index contributed by atoms with van der Waals surface area (Å²) in [5, 5.41) is 15.6. The number of hydrogen-bond acceptors (Lipinski definition) is 6. The Morgan fingerprint density at radius 1 is 1.21 bits per heavy atom. The molecule has 0 aliphatic carbocycles. The highest BCUT2D eigenvalue weighted by Gasteiger charge is 2.15. The van der Waals surface area contributed by atoms with Crippen molar-refractivity contribution < 1.29 is 14.3 Å². The Labute approximate surface area is 192 Å². The summed E-state index contributed by atoms with van der Waals surface area (Å²) in [4.78, 5) is 16.6. The molecule has 4 aromatic rings. The van der Waals surface area contributed by atoms with Gasteiger partial charge in [-0.15, -0.1) is 0 Å². The molecule has 2 heterocycles. The van der Waals surface area contributed by atoms with E-state index in [1.165, 1.54) is 11.1 Å². The van der Waals surface area contributed by atoms with Crippen molar-refractivity contribution in [1.82, 2.24) is 30.3 Å². The molecule has 0 atom stereocenters. The SMILES string of the molecule is COc1cc(-c2nc(Cc3cc4cn[nH]c4cc3C)n(C)n2)ccc1OCC(=O)NC(C)C. The molecule has 172 valence electrons. The number of carbonyl (C=O) groups is 1. The average Bonchev–Trinajstić information content (AvgIpc) is 3.38. The quantitative estimate of drug-likeness (QED) is 0.429. The largest absolute Gasteiger partial charge is 0.493 e. The summed E-state index contributed by atoms with van der Waals surface area (Å²) in [6.45, 7) is 5.80. The van der Waals surface area contributed by atoms with Crippen molar-refractivity contribution in [2.24, 2.45) is 7.05 Å². The number of aromatic nitrogens is 5. The third kappa shape index (κ3) is 4.97. The second-order valence-electron chi connectivity index (χ2n) is 8.26. The van der Waals surface area contributed by atoms with Gasteiger partial charge in [0.1, 0.15) is 5.82 Å². The molecule has 2 aromatic heterocycles. The Bertz CT molecular complexity index is 1290. The molecule has 0 radical (unpaired) electrons. The van der Waals surface area contributed by atoms with Crippen LogP contribution in [0.5, 0.6) is 11.5 Å². The topological polar surface area (TPSA) is 107 Å². The molecule has 0 aliphatic rings. The van der Waals surface area contributed by atoms with Gasteiger partial charge in [0.25, 0.3) is 5.91 Å². The zero-order valence-electron chi connectivity index (χ0n) is 19.5. The first-order chi connectivity index (χ1) is 15.8. The Hall–Kier alpha value is -3.88. The second kappa shape index (κ2) is 9.32. The van der Waals surface area contributed by atoms with E-state index >= 15 is 0 Å². The highest BCUT2D eigenvalue weighted by atomic mass is 16.5. The lowest BCUT2D eigenvalue weighted by molar-refractivity contribution is -0.123. The lowest BCUT2D eigenvalue weighted by Gasteiger charge is -2.12. The number of methoxy groups -OCH3 is 1. The van der Waals surface area contributed by atoms with Crippen molar-refractivity contribution in [2.45, 2.75) is 33.2 Å². The van der Waals surface area contributed by atoms with E-state index in [1.807, 2.05) is 39.2 Å². The summed E-state index contributed by atoms with van der Waals surface area (Å²) >= 11 is 0. The van der Waals surface area contributed by atoms with Gasteiger partial charge >= 0.3 is 0 Å². The number of hydrogen-bond donors (Lipinski definition) is 2. The predicted octanol–water partition coefficient (Wildman–Crippen LogP) is 3.17. The Balaban J connectivity index is 1.54. The van der Waals surface area contributed by atoms with Crippen LogP contribution in [-0.2, 0) is 18.3 Å². The van der Waals surface area contributed by atoms with Crippen molar-refractivity contribution in [3.05, 3.63) is 53.5 Å². The normalized spacial score (nSPS) is 11.2. The van der Waals surface area contributed by atoms with Gasteiger partial charge in [0.05, 0.1) is 18.8 Å². The maximum Gasteiger partial charge on any atom is 0.258 e. The molecule has 0 saturated carbocycles. The van der Waals surface area contributed by atoms with Crippen LogP contribution in [0.2, 0.25) is 0 Å². The summed E-state index contributed by atoms with van der Waals surface area (Å²) in [6, 6.07) is 9.73. The molecule has 0 unspecified atom stereocenters. The lowest BCUT2D eigenvalue weighted by Crippen LogP contribution is -2.34. The van der Waals surface area contributed by atoms with Crippen molar-refractivity contribution in [3.63, 3.8) is 0 Å². The van der Waals surface area contributed by atoms with Crippen molar-refractivity contribution in [2.75, 3.05) is 13.7 Å². The summed E-state index contributed by atoms with van der Waals surface area (Å²) in [6.07, 6.45) is 2.47. The van der Waals surface area contributed by atoms with Crippen molar-refractivity contribution >= 4 is 16.8 Å². The molecule has 4 rings (SSSR count). The molecule has 1 amide bonds. The smallest absolute Gasteiger partial charge is 0.258 e. The minimum Gasteiger partial charge on any atom is -0.493 e. The van der Waals surface area contributed by atoms with Gasteiger partial charge in [-0.2, -0.15) is 10.2 Å². The van der Waals surface area contributed by atoms with Gasteiger partial charge < -0.3 is 14.8 Å². The first-order valence-electron chi connectivity index (χ1n) is 10.8. The molecule has 0 fully saturated rings. The van der Waals surface area contributed by atoms with Crippen LogP contribution in [0.15, 0.2) is 36.5 Å². The van der Waals surface area contributed by atoms with E-state index in [-0.39, 0.29) is 18.6 Å². The molecular formula is C24H28N6O3. The highest BCUT2D eigenvalue weighted by molar-refractivity contribution is 5.80.